The normalized spacial score (nSPS) is 10.3. The highest BCUT2D eigenvalue weighted by Crippen LogP contribution is 2.23. The lowest BCUT2D eigenvalue weighted by Gasteiger charge is -2.11. The molecule has 26 heavy (non-hydrogen) atoms. The molecule has 2 aromatic carbocycles. The van der Waals surface area contributed by atoms with E-state index in [1.165, 1.54) is 0 Å². The Morgan fingerprint density at radius 1 is 1.15 bits per heavy atom. The predicted molar refractivity (Wildman–Crippen MR) is 104 cm³/mol. The Kier molecular flexibility index (Phi) is 7.04. The van der Waals surface area contributed by atoms with Crippen molar-refractivity contribution in [2.75, 3.05) is 18.5 Å². The minimum atomic E-state index is -0.220. The Bertz CT molecular complexity index is 806. The fourth-order valence-corrected chi connectivity index (χ4v) is 2.63. The number of carbonyl (C=O) groups is 2. The average molecular weight is 375 g/mol. The molecule has 2 aromatic rings. The first-order valence-corrected chi connectivity index (χ1v) is 8.86. The molecule has 0 aliphatic heterocycles. The molecule has 0 saturated carbocycles. The summed E-state index contributed by atoms with van der Waals surface area (Å²) in [6.45, 7) is 6.47. The maximum atomic E-state index is 12.2. The van der Waals surface area contributed by atoms with Gasteiger partial charge in [0.1, 0.15) is 5.75 Å². The Morgan fingerprint density at radius 3 is 2.62 bits per heavy atom. The summed E-state index contributed by atoms with van der Waals surface area (Å²) in [5, 5.41) is 6.16. The van der Waals surface area contributed by atoms with Crippen LogP contribution in [0.4, 0.5) is 5.69 Å². The van der Waals surface area contributed by atoms with Gasteiger partial charge in [0, 0.05) is 29.2 Å². The van der Waals surface area contributed by atoms with Crippen LogP contribution in [0.15, 0.2) is 36.4 Å². The van der Waals surface area contributed by atoms with E-state index in [-0.39, 0.29) is 24.8 Å². The van der Waals surface area contributed by atoms with Gasteiger partial charge in [-0.3, -0.25) is 9.59 Å². The van der Waals surface area contributed by atoms with Gasteiger partial charge in [0.2, 0.25) is 5.91 Å². The van der Waals surface area contributed by atoms with Crippen LogP contribution in [0, 0.1) is 13.8 Å². The van der Waals surface area contributed by atoms with Gasteiger partial charge in [-0.2, -0.15) is 0 Å². The monoisotopic (exact) mass is 374 g/mol. The molecule has 0 aliphatic carbocycles. The molecule has 0 aliphatic rings. The predicted octanol–water partition coefficient (Wildman–Crippen LogP) is 4.11. The van der Waals surface area contributed by atoms with Crippen molar-refractivity contribution in [3.8, 4) is 5.75 Å². The highest BCUT2D eigenvalue weighted by molar-refractivity contribution is 6.31. The van der Waals surface area contributed by atoms with Crippen molar-refractivity contribution >= 4 is 29.1 Å². The number of carbonyl (C=O) groups excluding carboxylic acids is 2. The number of halogens is 1. The number of ether oxygens (including phenoxy) is 1. The van der Waals surface area contributed by atoms with Gasteiger partial charge in [0.15, 0.2) is 0 Å². The Hall–Kier alpha value is -2.53. The van der Waals surface area contributed by atoms with E-state index in [1.54, 1.807) is 36.4 Å². The molecule has 0 aromatic heterocycles. The zero-order valence-electron chi connectivity index (χ0n) is 15.2. The summed E-state index contributed by atoms with van der Waals surface area (Å²) >= 11 is 6.04. The second-order valence-corrected chi connectivity index (χ2v) is 6.29. The van der Waals surface area contributed by atoms with E-state index in [0.717, 1.165) is 16.9 Å². The van der Waals surface area contributed by atoms with Gasteiger partial charge in [-0.25, -0.2) is 0 Å². The van der Waals surface area contributed by atoms with Gasteiger partial charge in [0.25, 0.3) is 5.91 Å². The summed E-state index contributed by atoms with van der Waals surface area (Å²) in [5.74, 6) is 0.363. The number of rotatable bonds is 7. The lowest BCUT2D eigenvalue weighted by molar-refractivity contribution is -0.116. The fraction of sp³-hybridized carbons (Fsp3) is 0.300. The largest absolute Gasteiger partial charge is 0.494 e. The van der Waals surface area contributed by atoms with Gasteiger partial charge in [-0.1, -0.05) is 17.7 Å². The van der Waals surface area contributed by atoms with Crippen LogP contribution in [-0.2, 0) is 4.79 Å². The zero-order valence-corrected chi connectivity index (χ0v) is 15.9. The van der Waals surface area contributed by atoms with Crippen LogP contribution in [-0.4, -0.2) is 25.0 Å². The molecule has 0 unspecified atom stereocenters. The number of amides is 2. The minimum absolute atomic E-state index is 0.174. The standard InChI is InChI=1S/C20H23ClN2O3/c1-4-26-18-9-8-15(12-13(18)2)20(25)22-11-10-19(24)23-17-7-5-6-16(21)14(17)3/h5-9,12H,4,10-11H2,1-3H3,(H,22,25)(H,23,24). The first-order valence-electron chi connectivity index (χ1n) is 8.49. The smallest absolute Gasteiger partial charge is 0.251 e. The Morgan fingerprint density at radius 2 is 1.92 bits per heavy atom. The van der Waals surface area contributed by atoms with Crippen molar-refractivity contribution in [2.24, 2.45) is 0 Å². The second kappa shape index (κ2) is 9.25. The molecule has 138 valence electrons. The molecule has 0 atom stereocenters. The SMILES string of the molecule is CCOc1ccc(C(=O)NCCC(=O)Nc2cccc(Cl)c2C)cc1C. The number of aryl methyl sites for hydroxylation is 1. The van der Waals surface area contributed by atoms with E-state index in [4.69, 9.17) is 16.3 Å². The summed E-state index contributed by atoms with van der Waals surface area (Å²) in [6.07, 6.45) is 0.174. The molecular weight excluding hydrogens is 352 g/mol. The van der Waals surface area contributed by atoms with Crippen LogP contribution in [0.25, 0.3) is 0 Å². The van der Waals surface area contributed by atoms with Crippen molar-refractivity contribution in [2.45, 2.75) is 27.2 Å². The van der Waals surface area contributed by atoms with Crippen LogP contribution in [0.5, 0.6) is 5.75 Å². The van der Waals surface area contributed by atoms with Crippen LogP contribution < -0.4 is 15.4 Å². The molecule has 0 bridgehead atoms. The highest BCUT2D eigenvalue weighted by Gasteiger charge is 2.10. The third-order valence-electron chi connectivity index (χ3n) is 3.92. The van der Waals surface area contributed by atoms with Crippen LogP contribution in [0.2, 0.25) is 5.02 Å². The van der Waals surface area contributed by atoms with Crippen molar-refractivity contribution in [1.29, 1.82) is 0 Å². The van der Waals surface area contributed by atoms with Crippen molar-refractivity contribution in [3.05, 3.63) is 58.1 Å². The highest BCUT2D eigenvalue weighted by atomic mass is 35.5. The van der Waals surface area contributed by atoms with E-state index < -0.39 is 0 Å². The number of anilines is 1. The van der Waals surface area contributed by atoms with E-state index in [1.807, 2.05) is 20.8 Å². The van der Waals surface area contributed by atoms with Crippen molar-refractivity contribution in [3.63, 3.8) is 0 Å². The number of benzene rings is 2. The molecule has 2 amide bonds. The Balaban J connectivity index is 1.85. The zero-order chi connectivity index (χ0) is 19.1. The van der Waals surface area contributed by atoms with Crippen LogP contribution in [0.1, 0.15) is 34.8 Å². The molecule has 0 heterocycles. The lowest BCUT2D eigenvalue weighted by atomic mass is 10.1. The maximum absolute atomic E-state index is 12.2. The summed E-state index contributed by atoms with van der Waals surface area (Å²) in [6, 6.07) is 10.6. The summed E-state index contributed by atoms with van der Waals surface area (Å²) < 4.78 is 5.46. The summed E-state index contributed by atoms with van der Waals surface area (Å²) in [4.78, 5) is 24.2. The van der Waals surface area contributed by atoms with Crippen LogP contribution >= 0.6 is 11.6 Å². The second-order valence-electron chi connectivity index (χ2n) is 5.88. The molecule has 2 N–H and O–H groups in total. The van der Waals surface area contributed by atoms with Gasteiger partial charge in [-0.05, 0) is 62.2 Å². The maximum Gasteiger partial charge on any atom is 0.251 e. The third-order valence-corrected chi connectivity index (χ3v) is 4.33. The molecule has 0 fully saturated rings. The molecule has 5 nitrogen and oxygen atoms in total. The molecule has 2 rings (SSSR count). The van der Waals surface area contributed by atoms with E-state index in [9.17, 15) is 9.59 Å². The third kappa shape index (κ3) is 5.23. The van der Waals surface area contributed by atoms with Gasteiger partial charge < -0.3 is 15.4 Å². The topological polar surface area (TPSA) is 67.4 Å². The lowest BCUT2D eigenvalue weighted by Crippen LogP contribution is -2.27. The molecular formula is C20H23ClN2O3. The molecule has 0 spiro atoms. The van der Waals surface area contributed by atoms with E-state index in [0.29, 0.717) is 22.9 Å². The number of nitrogens with one attached hydrogen (secondary N) is 2. The molecule has 0 saturated heterocycles. The van der Waals surface area contributed by atoms with Crippen molar-refractivity contribution in [1.82, 2.24) is 5.32 Å². The number of hydrogen-bond donors (Lipinski definition) is 2. The van der Waals surface area contributed by atoms with Gasteiger partial charge >= 0.3 is 0 Å². The first-order chi connectivity index (χ1) is 12.4. The summed E-state index contributed by atoms with van der Waals surface area (Å²) in [5.41, 5.74) is 2.93. The minimum Gasteiger partial charge on any atom is -0.494 e. The molecule has 0 radical (unpaired) electrons. The fourth-order valence-electron chi connectivity index (χ4n) is 2.46. The van der Waals surface area contributed by atoms with Crippen LogP contribution in [0.3, 0.4) is 0 Å². The summed E-state index contributed by atoms with van der Waals surface area (Å²) in [7, 11) is 0. The van der Waals surface area contributed by atoms with Gasteiger partial charge in [0.05, 0.1) is 6.61 Å². The quantitative estimate of drug-likeness (QED) is 0.766. The van der Waals surface area contributed by atoms with E-state index in [2.05, 4.69) is 10.6 Å². The average Bonchev–Trinajstić information content (AvgIpc) is 2.60. The molecule has 6 heteroatoms. The number of hydrogen-bond acceptors (Lipinski definition) is 3. The van der Waals surface area contributed by atoms with Crippen molar-refractivity contribution < 1.29 is 14.3 Å². The van der Waals surface area contributed by atoms with Gasteiger partial charge in [-0.15, -0.1) is 0 Å². The van der Waals surface area contributed by atoms with E-state index >= 15 is 0 Å². The Labute approximate surface area is 158 Å². The first kappa shape index (κ1) is 19.8.